The van der Waals surface area contributed by atoms with E-state index in [0.717, 1.165) is 17.8 Å². The molecule has 2 nitrogen and oxygen atoms in total. The summed E-state index contributed by atoms with van der Waals surface area (Å²) >= 11 is 0. The van der Waals surface area contributed by atoms with E-state index in [1.54, 1.807) is 6.07 Å². The Morgan fingerprint density at radius 1 is 1.21 bits per heavy atom. The second kappa shape index (κ2) is 5.17. The van der Waals surface area contributed by atoms with E-state index in [2.05, 4.69) is 4.98 Å². The van der Waals surface area contributed by atoms with Gasteiger partial charge in [0, 0.05) is 11.1 Å². The molecule has 0 aliphatic heterocycles. The van der Waals surface area contributed by atoms with Gasteiger partial charge in [0.25, 0.3) is 0 Å². The number of hydrogen-bond donors (Lipinski definition) is 1. The normalized spacial score (nSPS) is 13.7. The van der Waals surface area contributed by atoms with Gasteiger partial charge in [-0.15, -0.1) is 0 Å². The zero-order valence-corrected chi connectivity index (χ0v) is 10.5. The average Bonchev–Trinajstić information content (AvgIpc) is 2.36. The van der Waals surface area contributed by atoms with Crippen molar-refractivity contribution in [3.63, 3.8) is 0 Å². The van der Waals surface area contributed by atoms with Crippen LogP contribution in [-0.4, -0.2) is 11.5 Å². The smallest absolute Gasteiger partial charge is 0.330 e. The molecule has 2 aromatic rings. The molecule has 1 aromatic heterocycles. The number of rotatable bonds is 3. The summed E-state index contributed by atoms with van der Waals surface area (Å²) in [6, 6.07) is 7.24. The second-order valence-electron chi connectivity index (χ2n) is 4.75. The van der Waals surface area contributed by atoms with Crippen molar-refractivity contribution in [2.24, 2.45) is 11.7 Å². The van der Waals surface area contributed by atoms with Gasteiger partial charge >= 0.3 is 6.18 Å². The molecule has 102 valence electrons. The summed E-state index contributed by atoms with van der Waals surface area (Å²) in [6.07, 6.45) is -3.67. The van der Waals surface area contributed by atoms with Crippen molar-refractivity contribution in [3.8, 4) is 0 Å². The van der Waals surface area contributed by atoms with Crippen LogP contribution in [0.25, 0.3) is 10.9 Å². The van der Waals surface area contributed by atoms with Crippen LogP contribution in [-0.2, 0) is 12.6 Å². The van der Waals surface area contributed by atoms with Crippen molar-refractivity contribution in [2.75, 3.05) is 6.54 Å². The van der Waals surface area contributed by atoms with Gasteiger partial charge in [0.1, 0.15) is 0 Å². The number of aromatic nitrogens is 1. The molecule has 0 saturated carbocycles. The standard InChI is InChI=1S/C14H15F3N2/c1-9(8-18)6-12-5-3-10-2-4-11(14(15,16)17)7-13(10)19-12/h2-5,7,9H,6,8,18H2,1H3. The Morgan fingerprint density at radius 3 is 2.53 bits per heavy atom. The molecular formula is C14H15F3N2. The topological polar surface area (TPSA) is 38.9 Å². The fraction of sp³-hybridized carbons (Fsp3) is 0.357. The highest BCUT2D eigenvalue weighted by Crippen LogP contribution is 2.31. The number of fused-ring (bicyclic) bond motifs is 1. The lowest BCUT2D eigenvalue weighted by atomic mass is 10.0. The summed E-state index contributed by atoms with van der Waals surface area (Å²) in [5.74, 6) is 0.260. The number of pyridine rings is 1. The number of benzene rings is 1. The minimum Gasteiger partial charge on any atom is -0.330 e. The Balaban J connectivity index is 2.40. The van der Waals surface area contributed by atoms with Crippen molar-refractivity contribution in [2.45, 2.75) is 19.5 Å². The van der Waals surface area contributed by atoms with Gasteiger partial charge in [-0.2, -0.15) is 13.2 Å². The maximum absolute atomic E-state index is 12.6. The van der Waals surface area contributed by atoms with E-state index in [1.165, 1.54) is 6.07 Å². The molecule has 1 heterocycles. The van der Waals surface area contributed by atoms with Gasteiger partial charge in [0.15, 0.2) is 0 Å². The Bertz CT molecular complexity index is 578. The van der Waals surface area contributed by atoms with E-state index >= 15 is 0 Å². The minimum absolute atomic E-state index is 0.260. The lowest BCUT2D eigenvalue weighted by Crippen LogP contribution is -2.13. The van der Waals surface area contributed by atoms with Crippen molar-refractivity contribution in [1.29, 1.82) is 0 Å². The number of halogens is 3. The highest BCUT2D eigenvalue weighted by atomic mass is 19.4. The van der Waals surface area contributed by atoms with Gasteiger partial charge < -0.3 is 5.73 Å². The van der Waals surface area contributed by atoms with Crippen molar-refractivity contribution >= 4 is 10.9 Å². The maximum Gasteiger partial charge on any atom is 0.416 e. The molecule has 0 saturated heterocycles. The van der Waals surface area contributed by atoms with E-state index in [9.17, 15) is 13.2 Å². The van der Waals surface area contributed by atoms with Crippen molar-refractivity contribution < 1.29 is 13.2 Å². The monoisotopic (exact) mass is 268 g/mol. The molecule has 1 aromatic carbocycles. The first-order valence-electron chi connectivity index (χ1n) is 6.07. The number of nitrogens with zero attached hydrogens (tertiary/aromatic N) is 1. The van der Waals surface area contributed by atoms with Crippen LogP contribution in [0.15, 0.2) is 30.3 Å². The SMILES string of the molecule is CC(CN)Cc1ccc2ccc(C(F)(F)F)cc2n1. The summed E-state index contributed by atoms with van der Waals surface area (Å²) in [4.78, 5) is 4.28. The molecule has 0 fully saturated rings. The summed E-state index contributed by atoms with van der Waals surface area (Å²) in [5.41, 5.74) is 6.01. The van der Waals surface area contributed by atoms with Gasteiger partial charge in [0.2, 0.25) is 0 Å². The molecule has 0 bridgehead atoms. The zero-order valence-electron chi connectivity index (χ0n) is 10.5. The van der Waals surface area contributed by atoms with E-state index in [1.807, 2.05) is 13.0 Å². The predicted octanol–water partition coefficient (Wildman–Crippen LogP) is 3.39. The molecule has 2 rings (SSSR count). The molecule has 2 N–H and O–H groups in total. The van der Waals surface area contributed by atoms with Gasteiger partial charge in [-0.25, -0.2) is 0 Å². The fourth-order valence-electron chi connectivity index (χ4n) is 1.89. The summed E-state index contributed by atoms with van der Waals surface area (Å²) in [6.45, 7) is 2.51. The van der Waals surface area contributed by atoms with Crippen LogP contribution in [0.4, 0.5) is 13.2 Å². The van der Waals surface area contributed by atoms with Gasteiger partial charge in [-0.3, -0.25) is 4.98 Å². The first-order valence-corrected chi connectivity index (χ1v) is 6.07. The largest absolute Gasteiger partial charge is 0.416 e. The molecule has 19 heavy (non-hydrogen) atoms. The number of hydrogen-bond acceptors (Lipinski definition) is 2. The van der Waals surface area contributed by atoms with Crippen LogP contribution in [0, 0.1) is 5.92 Å². The first-order chi connectivity index (χ1) is 8.90. The van der Waals surface area contributed by atoms with Crippen LogP contribution >= 0.6 is 0 Å². The van der Waals surface area contributed by atoms with Crippen LogP contribution in [0.1, 0.15) is 18.2 Å². The minimum atomic E-state index is -4.34. The summed E-state index contributed by atoms with van der Waals surface area (Å²) in [5, 5.41) is 0.706. The lowest BCUT2D eigenvalue weighted by Gasteiger charge is -2.10. The first kappa shape index (κ1) is 13.8. The third-order valence-electron chi connectivity index (χ3n) is 3.04. The number of alkyl halides is 3. The fourth-order valence-corrected chi connectivity index (χ4v) is 1.89. The van der Waals surface area contributed by atoms with Crippen molar-refractivity contribution in [3.05, 3.63) is 41.6 Å². The molecule has 5 heteroatoms. The molecule has 1 unspecified atom stereocenters. The van der Waals surface area contributed by atoms with Gasteiger partial charge in [-0.1, -0.05) is 19.1 Å². The third-order valence-corrected chi connectivity index (χ3v) is 3.04. The molecule has 0 aliphatic rings. The van der Waals surface area contributed by atoms with E-state index in [0.29, 0.717) is 23.9 Å². The Kier molecular flexibility index (Phi) is 3.75. The lowest BCUT2D eigenvalue weighted by molar-refractivity contribution is -0.137. The van der Waals surface area contributed by atoms with E-state index in [4.69, 9.17) is 5.73 Å². The van der Waals surface area contributed by atoms with E-state index in [-0.39, 0.29) is 5.92 Å². The van der Waals surface area contributed by atoms with E-state index < -0.39 is 11.7 Å². The summed E-state index contributed by atoms with van der Waals surface area (Å²) < 4.78 is 37.9. The molecular weight excluding hydrogens is 253 g/mol. The quantitative estimate of drug-likeness (QED) is 0.926. The predicted molar refractivity (Wildman–Crippen MR) is 68.7 cm³/mol. The Hall–Kier alpha value is -1.62. The maximum atomic E-state index is 12.6. The van der Waals surface area contributed by atoms with Crippen molar-refractivity contribution in [1.82, 2.24) is 4.98 Å². The molecule has 0 radical (unpaired) electrons. The molecule has 0 amide bonds. The second-order valence-corrected chi connectivity index (χ2v) is 4.75. The van der Waals surface area contributed by atoms with Crippen LogP contribution < -0.4 is 5.73 Å². The number of nitrogens with two attached hydrogens (primary N) is 1. The zero-order chi connectivity index (χ0) is 14.0. The Labute approximate surface area is 109 Å². The van der Waals surface area contributed by atoms with Crippen LogP contribution in [0.2, 0.25) is 0 Å². The average molecular weight is 268 g/mol. The molecule has 0 spiro atoms. The van der Waals surface area contributed by atoms with Gasteiger partial charge in [0.05, 0.1) is 11.1 Å². The van der Waals surface area contributed by atoms with Crippen LogP contribution in [0.5, 0.6) is 0 Å². The summed E-state index contributed by atoms with van der Waals surface area (Å²) in [7, 11) is 0. The third kappa shape index (κ3) is 3.23. The van der Waals surface area contributed by atoms with Gasteiger partial charge in [-0.05, 0) is 37.1 Å². The molecule has 0 aliphatic carbocycles. The Morgan fingerprint density at radius 2 is 1.89 bits per heavy atom. The molecule has 1 atom stereocenters. The van der Waals surface area contributed by atoms with Crippen LogP contribution in [0.3, 0.4) is 0 Å². The highest BCUT2D eigenvalue weighted by Gasteiger charge is 2.30. The highest BCUT2D eigenvalue weighted by molar-refractivity contribution is 5.79.